The van der Waals surface area contributed by atoms with Gasteiger partial charge >= 0.3 is 0 Å². The fourth-order valence-electron chi connectivity index (χ4n) is 1.76. The Kier molecular flexibility index (Phi) is 1.73. The molecule has 2 heterocycles. The van der Waals surface area contributed by atoms with Gasteiger partial charge in [-0.25, -0.2) is 0 Å². The van der Waals surface area contributed by atoms with Crippen LogP contribution in [-0.4, -0.2) is 17.8 Å². The van der Waals surface area contributed by atoms with Crippen molar-refractivity contribution < 1.29 is 4.79 Å². The minimum Gasteiger partial charge on any atom is -0.362 e. The molecule has 0 amide bonds. The van der Waals surface area contributed by atoms with E-state index in [2.05, 4.69) is 10.3 Å². The Balaban J connectivity index is 2.53. The lowest BCUT2D eigenvalue weighted by molar-refractivity contribution is 0.112. The number of H-pyrrole nitrogens is 1. The van der Waals surface area contributed by atoms with Gasteiger partial charge in [-0.15, -0.1) is 0 Å². The van der Waals surface area contributed by atoms with Crippen LogP contribution in [0.15, 0.2) is 0 Å². The van der Waals surface area contributed by atoms with Crippen LogP contribution in [-0.2, 0) is 13.0 Å². The fourth-order valence-corrected chi connectivity index (χ4v) is 1.76. The van der Waals surface area contributed by atoms with Crippen LogP contribution < -0.4 is 5.32 Å². The standard InChI is InChI=1S/C9H12N2O/c1-6-8(5-12)7-4-10-3-2-9(7)11-6/h5,10-11H,2-4H2,1H3. The first kappa shape index (κ1) is 7.55. The molecule has 0 aliphatic carbocycles. The number of aryl methyl sites for hydroxylation is 1. The van der Waals surface area contributed by atoms with Crippen LogP contribution in [0.1, 0.15) is 27.3 Å². The minimum atomic E-state index is 0.827. The second-order valence-corrected chi connectivity index (χ2v) is 3.17. The molecule has 0 saturated carbocycles. The maximum Gasteiger partial charge on any atom is 0.152 e. The molecule has 1 aliphatic rings. The molecule has 1 aromatic heterocycles. The van der Waals surface area contributed by atoms with E-state index in [-0.39, 0.29) is 0 Å². The van der Waals surface area contributed by atoms with Gasteiger partial charge in [-0.3, -0.25) is 4.79 Å². The molecule has 1 aliphatic heterocycles. The van der Waals surface area contributed by atoms with Crippen molar-refractivity contribution in [1.82, 2.24) is 10.3 Å². The van der Waals surface area contributed by atoms with Gasteiger partial charge in [-0.05, 0) is 12.5 Å². The highest BCUT2D eigenvalue weighted by atomic mass is 16.1. The number of aldehydes is 1. The van der Waals surface area contributed by atoms with E-state index in [1.54, 1.807) is 0 Å². The zero-order valence-corrected chi connectivity index (χ0v) is 7.11. The summed E-state index contributed by atoms with van der Waals surface area (Å²) < 4.78 is 0. The number of carbonyl (C=O) groups is 1. The van der Waals surface area contributed by atoms with Crippen molar-refractivity contribution in [1.29, 1.82) is 0 Å². The molecule has 2 N–H and O–H groups in total. The van der Waals surface area contributed by atoms with Gasteiger partial charge in [-0.2, -0.15) is 0 Å². The van der Waals surface area contributed by atoms with E-state index in [4.69, 9.17) is 0 Å². The molecule has 3 nitrogen and oxygen atoms in total. The maximum atomic E-state index is 10.7. The summed E-state index contributed by atoms with van der Waals surface area (Å²) >= 11 is 0. The van der Waals surface area contributed by atoms with Crippen molar-refractivity contribution in [2.75, 3.05) is 6.54 Å². The molecular weight excluding hydrogens is 152 g/mol. The quantitative estimate of drug-likeness (QED) is 0.602. The van der Waals surface area contributed by atoms with Crippen molar-refractivity contribution >= 4 is 6.29 Å². The van der Waals surface area contributed by atoms with Crippen LogP contribution in [0.5, 0.6) is 0 Å². The average molecular weight is 164 g/mol. The lowest BCUT2D eigenvalue weighted by atomic mass is 10.1. The lowest BCUT2D eigenvalue weighted by Crippen LogP contribution is -2.23. The fraction of sp³-hybridized carbons (Fsp3) is 0.444. The van der Waals surface area contributed by atoms with E-state index in [9.17, 15) is 4.79 Å². The third-order valence-electron chi connectivity index (χ3n) is 2.40. The van der Waals surface area contributed by atoms with E-state index in [0.29, 0.717) is 0 Å². The molecule has 0 spiro atoms. The molecule has 3 heteroatoms. The molecule has 0 atom stereocenters. The number of rotatable bonds is 1. The van der Waals surface area contributed by atoms with Gasteiger partial charge in [0, 0.05) is 36.5 Å². The van der Waals surface area contributed by atoms with Crippen molar-refractivity contribution in [3.8, 4) is 0 Å². The normalized spacial score (nSPS) is 15.8. The molecule has 1 aromatic rings. The van der Waals surface area contributed by atoms with Crippen molar-refractivity contribution in [3.63, 3.8) is 0 Å². The predicted molar refractivity (Wildman–Crippen MR) is 46.3 cm³/mol. The smallest absolute Gasteiger partial charge is 0.152 e. The molecule has 64 valence electrons. The Morgan fingerprint density at radius 3 is 3.08 bits per heavy atom. The molecule has 12 heavy (non-hydrogen) atoms. The van der Waals surface area contributed by atoms with Crippen LogP contribution in [0.25, 0.3) is 0 Å². The molecule has 2 rings (SSSR count). The summed E-state index contributed by atoms with van der Waals surface area (Å²) in [4.78, 5) is 14.0. The highest BCUT2D eigenvalue weighted by Gasteiger charge is 2.16. The lowest BCUT2D eigenvalue weighted by Gasteiger charge is -2.12. The predicted octanol–water partition coefficient (Wildman–Crippen LogP) is 0.781. The third kappa shape index (κ3) is 0.975. The average Bonchev–Trinajstić information content (AvgIpc) is 2.40. The Bertz CT molecular complexity index is 315. The van der Waals surface area contributed by atoms with Crippen molar-refractivity contribution in [3.05, 3.63) is 22.5 Å². The van der Waals surface area contributed by atoms with Gasteiger partial charge in [0.2, 0.25) is 0 Å². The molecule has 0 fully saturated rings. The molecule has 0 aromatic carbocycles. The van der Waals surface area contributed by atoms with Crippen LogP contribution in [0.4, 0.5) is 0 Å². The second kappa shape index (κ2) is 2.75. The summed E-state index contributed by atoms with van der Waals surface area (Å²) in [7, 11) is 0. The first-order chi connectivity index (χ1) is 5.83. The van der Waals surface area contributed by atoms with Gasteiger partial charge in [0.15, 0.2) is 6.29 Å². The van der Waals surface area contributed by atoms with E-state index in [1.165, 1.54) is 5.69 Å². The van der Waals surface area contributed by atoms with Gasteiger partial charge < -0.3 is 10.3 Å². The maximum absolute atomic E-state index is 10.7. The molecule has 0 radical (unpaired) electrons. The number of nitrogens with one attached hydrogen (secondary N) is 2. The number of fused-ring (bicyclic) bond motifs is 1. The molecular formula is C9H12N2O. The zero-order chi connectivity index (χ0) is 8.55. The summed E-state index contributed by atoms with van der Waals surface area (Å²) in [5.74, 6) is 0. The summed E-state index contributed by atoms with van der Waals surface area (Å²) in [6.45, 7) is 3.78. The van der Waals surface area contributed by atoms with Crippen molar-refractivity contribution in [2.24, 2.45) is 0 Å². The van der Waals surface area contributed by atoms with E-state index < -0.39 is 0 Å². The highest BCUT2D eigenvalue weighted by Crippen LogP contribution is 2.19. The second-order valence-electron chi connectivity index (χ2n) is 3.17. The van der Waals surface area contributed by atoms with E-state index >= 15 is 0 Å². The van der Waals surface area contributed by atoms with Gasteiger partial charge in [0.25, 0.3) is 0 Å². The highest BCUT2D eigenvalue weighted by molar-refractivity contribution is 5.80. The largest absolute Gasteiger partial charge is 0.362 e. The third-order valence-corrected chi connectivity index (χ3v) is 2.40. The van der Waals surface area contributed by atoms with Crippen LogP contribution in [0.3, 0.4) is 0 Å². The Labute approximate surface area is 71.2 Å². The van der Waals surface area contributed by atoms with Crippen molar-refractivity contribution in [2.45, 2.75) is 19.9 Å². The van der Waals surface area contributed by atoms with Crippen LogP contribution in [0, 0.1) is 6.92 Å². The molecule has 0 unspecified atom stereocenters. The summed E-state index contributed by atoms with van der Waals surface area (Å²) in [6.07, 6.45) is 1.95. The van der Waals surface area contributed by atoms with Gasteiger partial charge in [-0.1, -0.05) is 0 Å². The molecule has 0 saturated heterocycles. The summed E-state index contributed by atoms with van der Waals surface area (Å²) in [6, 6.07) is 0. The first-order valence-electron chi connectivity index (χ1n) is 4.19. The number of hydrogen-bond donors (Lipinski definition) is 2. The monoisotopic (exact) mass is 164 g/mol. The number of aromatic nitrogens is 1. The van der Waals surface area contributed by atoms with Gasteiger partial charge in [0.1, 0.15) is 0 Å². The zero-order valence-electron chi connectivity index (χ0n) is 7.11. The minimum absolute atomic E-state index is 0.827. The summed E-state index contributed by atoms with van der Waals surface area (Å²) in [5, 5.41) is 3.25. The molecule has 0 bridgehead atoms. The topological polar surface area (TPSA) is 44.9 Å². The number of carbonyl (C=O) groups excluding carboxylic acids is 1. The Morgan fingerprint density at radius 1 is 1.50 bits per heavy atom. The number of aromatic amines is 1. The Morgan fingerprint density at radius 2 is 2.33 bits per heavy atom. The SMILES string of the molecule is Cc1[nH]c2c(c1C=O)CNCC2. The summed E-state index contributed by atoms with van der Waals surface area (Å²) in [5.41, 5.74) is 4.23. The first-order valence-corrected chi connectivity index (χ1v) is 4.19. The van der Waals surface area contributed by atoms with Crippen LogP contribution >= 0.6 is 0 Å². The Hall–Kier alpha value is -1.09. The number of hydrogen-bond acceptors (Lipinski definition) is 2. The van der Waals surface area contributed by atoms with Crippen LogP contribution in [0.2, 0.25) is 0 Å². The van der Waals surface area contributed by atoms with E-state index in [0.717, 1.165) is 42.6 Å². The van der Waals surface area contributed by atoms with E-state index in [1.807, 2.05) is 6.92 Å². The van der Waals surface area contributed by atoms with Gasteiger partial charge in [0.05, 0.1) is 0 Å².